The van der Waals surface area contributed by atoms with Crippen molar-refractivity contribution in [3.05, 3.63) is 87.7 Å². The van der Waals surface area contributed by atoms with Crippen molar-refractivity contribution in [3.63, 3.8) is 0 Å². The van der Waals surface area contributed by atoms with Crippen LogP contribution in [0.2, 0.25) is 0 Å². The van der Waals surface area contributed by atoms with Gasteiger partial charge < -0.3 is 10.6 Å². The van der Waals surface area contributed by atoms with Gasteiger partial charge in [0.05, 0.1) is 11.1 Å². The van der Waals surface area contributed by atoms with Crippen LogP contribution in [0.15, 0.2) is 48.8 Å². The Morgan fingerprint density at radius 2 is 1.14 bits per heavy atom. The number of pyridine rings is 1. The SMILES string of the molecule is Cc1cc(C)c(NC(=O)c2cncc(C(=O)Nc3c(C)cccc3C)c2)c(C)c1. The summed E-state index contributed by atoms with van der Waals surface area (Å²) in [6.07, 6.45) is 2.92. The van der Waals surface area contributed by atoms with Gasteiger partial charge in [-0.25, -0.2) is 0 Å². The Bertz CT molecular complexity index is 1060. The molecule has 0 unspecified atom stereocenters. The number of carbonyl (C=O) groups is 2. The molecule has 0 radical (unpaired) electrons. The Morgan fingerprint density at radius 1 is 0.690 bits per heavy atom. The minimum absolute atomic E-state index is 0.297. The summed E-state index contributed by atoms with van der Waals surface area (Å²) in [5.74, 6) is -0.596. The fourth-order valence-electron chi connectivity index (χ4n) is 3.45. The van der Waals surface area contributed by atoms with E-state index in [0.717, 1.165) is 39.2 Å². The second kappa shape index (κ2) is 8.27. The molecule has 3 aromatic rings. The Labute approximate surface area is 171 Å². The van der Waals surface area contributed by atoms with Crippen LogP contribution in [0.5, 0.6) is 0 Å². The third kappa shape index (κ3) is 4.51. The summed E-state index contributed by atoms with van der Waals surface area (Å²) in [5, 5.41) is 5.87. The van der Waals surface area contributed by atoms with Crippen LogP contribution < -0.4 is 10.6 Å². The van der Waals surface area contributed by atoms with Gasteiger partial charge in [-0.05, 0) is 62.9 Å². The van der Waals surface area contributed by atoms with Gasteiger partial charge in [0.25, 0.3) is 11.8 Å². The highest BCUT2D eigenvalue weighted by Crippen LogP contribution is 2.23. The number of hydrogen-bond donors (Lipinski definition) is 2. The van der Waals surface area contributed by atoms with E-state index in [9.17, 15) is 9.59 Å². The van der Waals surface area contributed by atoms with E-state index in [4.69, 9.17) is 0 Å². The Hall–Kier alpha value is -3.47. The lowest BCUT2D eigenvalue weighted by Gasteiger charge is -2.14. The third-order valence-electron chi connectivity index (χ3n) is 4.90. The van der Waals surface area contributed by atoms with Crippen LogP contribution in [-0.4, -0.2) is 16.8 Å². The van der Waals surface area contributed by atoms with Crippen molar-refractivity contribution in [1.29, 1.82) is 0 Å². The molecular formula is C24H25N3O2. The highest BCUT2D eigenvalue weighted by Gasteiger charge is 2.15. The smallest absolute Gasteiger partial charge is 0.257 e. The molecule has 2 N–H and O–H groups in total. The fourth-order valence-corrected chi connectivity index (χ4v) is 3.45. The molecule has 0 saturated carbocycles. The highest BCUT2D eigenvalue weighted by atomic mass is 16.2. The Kier molecular flexibility index (Phi) is 5.78. The third-order valence-corrected chi connectivity index (χ3v) is 4.90. The zero-order valence-corrected chi connectivity index (χ0v) is 17.4. The molecule has 0 spiro atoms. The van der Waals surface area contributed by atoms with Gasteiger partial charge in [-0.1, -0.05) is 35.9 Å². The number of amides is 2. The first-order chi connectivity index (χ1) is 13.8. The number of benzene rings is 2. The van der Waals surface area contributed by atoms with Crippen LogP contribution in [0.3, 0.4) is 0 Å². The number of rotatable bonds is 4. The summed E-state index contributed by atoms with van der Waals surface area (Å²) in [7, 11) is 0. The molecule has 3 rings (SSSR count). The molecule has 2 aromatic carbocycles. The van der Waals surface area contributed by atoms with Crippen LogP contribution in [0.25, 0.3) is 0 Å². The van der Waals surface area contributed by atoms with E-state index in [2.05, 4.69) is 15.6 Å². The molecular weight excluding hydrogens is 362 g/mol. The predicted molar refractivity (Wildman–Crippen MR) is 117 cm³/mol. The van der Waals surface area contributed by atoms with Gasteiger partial charge >= 0.3 is 0 Å². The zero-order valence-electron chi connectivity index (χ0n) is 17.4. The lowest BCUT2D eigenvalue weighted by Crippen LogP contribution is -2.17. The highest BCUT2D eigenvalue weighted by molar-refractivity contribution is 6.09. The number of aryl methyl sites for hydroxylation is 5. The van der Waals surface area contributed by atoms with Crippen molar-refractivity contribution in [2.75, 3.05) is 10.6 Å². The standard InChI is InChI=1S/C24H25N3O2/c1-14-9-17(4)22(18(5)10-14)27-24(29)20-11-19(12-25-13-20)23(28)26-21-15(2)7-6-8-16(21)3/h6-13H,1-5H3,(H,26,28)(H,27,29). The molecule has 148 valence electrons. The van der Waals surface area contributed by atoms with Crippen LogP contribution in [0, 0.1) is 34.6 Å². The van der Waals surface area contributed by atoms with Crippen molar-refractivity contribution < 1.29 is 9.59 Å². The van der Waals surface area contributed by atoms with Crippen LogP contribution in [0.1, 0.15) is 48.5 Å². The first-order valence-electron chi connectivity index (χ1n) is 9.48. The molecule has 0 saturated heterocycles. The van der Waals surface area contributed by atoms with E-state index < -0.39 is 0 Å². The molecule has 1 heterocycles. The maximum absolute atomic E-state index is 12.8. The number of carbonyl (C=O) groups excluding carboxylic acids is 2. The molecule has 5 heteroatoms. The molecule has 0 bridgehead atoms. The largest absolute Gasteiger partial charge is 0.321 e. The number of nitrogens with one attached hydrogen (secondary N) is 2. The van der Waals surface area contributed by atoms with Gasteiger partial charge in [-0.3, -0.25) is 14.6 Å². The first kappa shape index (κ1) is 20.3. The van der Waals surface area contributed by atoms with Gasteiger partial charge in [0.1, 0.15) is 0 Å². The maximum Gasteiger partial charge on any atom is 0.257 e. The second-order valence-corrected chi connectivity index (χ2v) is 7.41. The summed E-state index contributed by atoms with van der Waals surface area (Å²) in [5.41, 5.74) is 7.31. The average molecular weight is 387 g/mol. The van der Waals surface area contributed by atoms with E-state index in [1.54, 1.807) is 6.07 Å². The van der Waals surface area contributed by atoms with Crippen molar-refractivity contribution >= 4 is 23.2 Å². The van der Waals surface area contributed by atoms with Gasteiger partial charge in [0, 0.05) is 23.8 Å². The van der Waals surface area contributed by atoms with Crippen LogP contribution >= 0.6 is 0 Å². The van der Waals surface area contributed by atoms with Gasteiger partial charge in [0.15, 0.2) is 0 Å². The lowest BCUT2D eigenvalue weighted by atomic mass is 10.0. The van der Waals surface area contributed by atoms with Crippen LogP contribution in [0.4, 0.5) is 11.4 Å². The molecule has 0 atom stereocenters. The summed E-state index contributed by atoms with van der Waals surface area (Å²) >= 11 is 0. The van der Waals surface area contributed by atoms with E-state index in [-0.39, 0.29) is 11.8 Å². The maximum atomic E-state index is 12.8. The number of aromatic nitrogens is 1. The fraction of sp³-hybridized carbons (Fsp3) is 0.208. The van der Waals surface area contributed by atoms with Gasteiger partial charge in [0.2, 0.25) is 0 Å². The molecule has 2 amide bonds. The summed E-state index contributed by atoms with van der Waals surface area (Å²) in [4.78, 5) is 29.6. The minimum atomic E-state index is -0.299. The molecule has 0 aliphatic rings. The normalized spacial score (nSPS) is 10.5. The molecule has 1 aromatic heterocycles. The summed E-state index contributed by atoms with van der Waals surface area (Å²) in [6.45, 7) is 9.83. The Morgan fingerprint density at radius 3 is 1.62 bits per heavy atom. The van der Waals surface area contributed by atoms with Crippen molar-refractivity contribution in [1.82, 2.24) is 4.98 Å². The molecule has 29 heavy (non-hydrogen) atoms. The number of nitrogens with zero attached hydrogens (tertiary/aromatic N) is 1. The van der Waals surface area contributed by atoms with Crippen molar-refractivity contribution in [2.45, 2.75) is 34.6 Å². The lowest BCUT2D eigenvalue weighted by molar-refractivity contribution is 0.102. The quantitative estimate of drug-likeness (QED) is 0.652. The predicted octanol–water partition coefficient (Wildman–Crippen LogP) is 5.13. The number of para-hydroxylation sites is 1. The second-order valence-electron chi connectivity index (χ2n) is 7.41. The van der Waals surface area contributed by atoms with Gasteiger partial charge in [-0.15, -0.1) is 0 Å². The summed E-state index contributed by atoms with van der Waals surface area (Å²) in [6, 6.07) is 11.4. The Balaban J connectivity index is 1.82. The molecule has 0 aliphatic carbocycles. The molecule has 0 aliphatic heterocycles. The number of anilines is 2. The molecule has 0 fully saturated rings. The first-order valence-corrected chi connectivity index (χ1v) is 9.48. The minimum Gasteiger partial charge on any atom is -0.321 e. The monoisotopic (exact) mass is 387 g/mol. The van der Waals surface area contributed by atoms with E-state index in [1.165, 1.54) is 12.4 Å². The number of hydrogen-bond acceptors (Lipinski definition) is 3. The molecule has 5 nitrogen and oxygen atoms in total. The van der Waals surface area contributed by atoms with Crippen molar-refractivity contribution in [2.24, 2.45) is 0 Å². The van der Waals surface area contributed by atoms with Crippen molar-refractivity contribution in [3.8, 4) is 0 Å². The van der Waals surface area contributed by atoms with E-state index in [0.29, 0.717) is 11.1 Å². The zero-order chi connectivity index (χ0) is 21.1. The van der Waals surface area contributed by atoms with Gasteiger partial charge in [-0.2, -0.15) is 0 Å². The van der Waals surface area contributed by atoms with E-state index >= 15 is 0 Å². The topological polar surface area (TPSA) is 71.1 Å². The average Bonchev–Trinajstić information content (AvgIpc) is 2.67. The summed E-state index contributed by atoms with van der Waals surface area (Å²) < 4.78 is 0. The van der Waals surface area contributed by atoms with E-state index in [1.807, 2.05) is 65.0 Å². The van der Waals surface area contributed by atoms with Crippen LogP contribution in [-0.2, 0) is 0 Å².